The van der Waals surface area contributed by atoms with Gasteiger partial charge in [0.05, 0.1) is 18.6 Å². The van der Waals surface area contributed by atoms with Crippen molar-refractivity contribution in [2.75, 3.05) is 40.5 Å². The standard InChI is InChI=1S/C18H26FNO3/c1-22-13-11-20(12-14-23-2)17(21)18(9-5-6-10-18)15-7-3-4-8-16(15)19/h3-4,7-8H,5-6,9-14H2,1-2H3. The summed E-state index contributed by atoms with van der Waals surface area (Å²) in [5, 5.41) is 0. The molecule has 0 radical (unpaired) electrons. The molecule has 1 aromatic rings. The largest absolute Gasteiger partial charge is 0.383 e. The average molecular weight is 323 g/mol. The van der Waals surface area contributed by atoms with Gasteiger partial charge in [0.1, 0.15) is 5.82 Å². The van der Waals surface area contributed by atoms with Crippen LogP contribution in [0.25, 0.3) is 0 Å². The van der Waals surface area contributed by atoms with E-state index in [2.05, 4.69) is 0 Å². The number of methoxy groups -OCH3 is 2. The van der Waals surface area contributed by atoms with Gasteiger partial charge >= 0.3 is 0 Å². The van der Waals surface area contributed by atoms with Gasteiger partial charge in [0.15, 0.2) is 0 Å². The normalized spacial score (nSPS) is 16.5. The summed E-state index contributed by atoms with van der Waals surface area (Å²) in [7, 11) is 3.22. The first kappa shape index (κ1) is 17.9. The van der Waals surface area contributed by atoms with Crippen molar-refractivity contribution in [2.45, 2.75) is 31.1 Å². The molecule has 0 aromatic heterocycles. The Morgan fingerprint density at radius 2 is 1.70 bits per heavy atom. The second-order valence-corrected chi connectivity index (χ2v) is 6.05. The summed E-state index contributed by atoms with van der Waals surface area (Å²) in [5.41, 5.74) is -0.213. The minimum atomic E-state index is -0.743. The lowest BCUT2D eigenvalue weighted by Gasteiger charge is -2.35. The molecule has 0 bridgehead atoms. The fraction of sp³-hybridized carbons (Fsp3) is 0.611. The molecule has 5 heteroatoms. The van der Waals surface area contributed by atoms with Crippen LogP contribution in [0.1, 0.15) is 31.2 Å². The van der Waals surface area contributed by atoms with Crippen LogP contribution in [0.3, 0.4) is 0 Å². The first-order valence-corrected chi connectivity index (χ1v) is 8.18. The van der Waals surface area contributed by atoms with Gasteiger partial charge in [0.2, 0.25) is 5.91 Å². The molecule has 128 valence electrons. The molecule has 1 aliphatic carbocycles. The van der Waals surface area contributed by atoms with Crippen molar-refractivity contribution in [3.05, 3.63) is 35.6 Å². The smallest absolute Gasteiger partial charge is 0.233 e. The van der Waals surface area contributed by atoms with E-state index in [1.807, 2.05) is 0 Å². The van der Waals surface area contributed by atoms with E-state index in [0.29, 0.717) is 44.7 Å². The summed E-state index contributed by atoms with van der Waals surface area (Å²) in [5.74, 6) is -0.296. The van der Waals surface area contributed by atoms with Gasteiger partial charge < -0.3 is 14.4 Å². The summed E-state index contributed by atoms with van der Waals surface area (Å²) in [6.45, 7) is 1.91. The van der Waals surface area contributed by atoms with E-state index >= 15 is 0 Å². The van der Waals surface area contributed by atoms with Gasteiger partial charge in [-0.05, 0) is 18.9 Å². The first-order chi connectivity index (χ1) is 11.2. The maximum Gasteiger partial charge on any atom is 0.233 e. The lowest BCUT2D eigenvalue weighted by atomic mass is 9.77. The van der Waals surface area contributed by atoms with E-state index in [0.717, 1.165) is 12.8 Å². The van der Waals surface area contributed by atoms with Crippen LogP contribution < -0.4 is 0 Å². The Morgan fingerprint density at radius 3 is 2.22 bits per heavy atom. The number of nitrogens with zero attached hydrogens (tertiary/aromatic N) is 1. The number of ether oxygens (including phenoxy) is 2. The molecule has 4 nitrogen and oxygen atoms in total. The van der Waals surface area contributed by atoms with E-state index in [-0.39, 0.29) is 11.7 Å². The van der Waals surface area contributed by atoms with Crippen LogP contribution in [-0.4, -0.2) is 51.3 Å². The molecule has 0 unspecified atom stereocenters. The van der Waals surface area contributed by atoms with Gasteiger partial charge in [0, 0.05) is 32.9 Å². The van der Waals surface area contributed by atoms with E-state index in [1.165, 1.54) is 6.07 Å². The highest BCUT2D eigenvalue weighted by Crippen LogP contribution is 2.43. The summed E-state index contributed by atoms with van der Waals surface area (Å²) < 4.78 is 24.6. The van der Waals surface area contributed by atoms with Gasteiger partial charge in [0.25, 0.3) is 0 Å². The van der Waals surface area contributed by atoms with E-state index < -0.39 is 5.41 Å². The van der Waals surface area contributed by atoms with Gasteiger partial charge in [-0.25, -0.2) is 4.39 Å². The van der Waals surface area contributed by atoms with Crippen molar-refractivity contribution < 1.29 is 18.7 Å². The third-order valence-corrected chi connectivity index (χ3v) is 4.67. The quantitative estimate of drug-likeness (QED) is 0.738. The molecule has 2 rings (SSSR count). The molecule has 23 heavy (non-hydrogen) atoms. The molecular weight excluding hydrogens is 297 g/mol. The molecule has 0 heterocycles. The second kappa shape index (κ2) is 8.41. The molecule has 0 atom stereocenters. The lowest BCUT2D eigenvalue weighted by Crippen LogP contribution is -2.48. The summed E-state index contributed by atoms with van der Waals surface area (Å²) in [6, 6.07) is 6.67. The molecule has 1 fully saturated rings. The van der Waals surface area contributed by atoms with Crippen molar-refractivity contribution in [1.29, 1.82) is 0 Å². The van der Waals surface area contributed by atoms with Crippen molar-refractivity contribution in [2.24, 2.45) is 0 Å². The maximum atomic E-state index is 14.4. The monoisotopic (exact) mass is 323 g/mol. The summed E-state index contributed by atoms with van der Waals surface area (Å²) in [6.07, 6.45) is 3.29. The minimum Gasteiger partial charge on any atom is -0.383 e. The van der Waals surface area contributed by atoms with Crippen LogP contribution in [-0.2, 0) is 19.7 Å². The summed E-state index contributed by atoms with van der Waals surface area (Å²) >= 11 is 0. The van der Waals surface area contributed by atoms with Crippen molar-refractivity contribution in [1.82, 2.24) is 4.90 Å². The Bertz CT molecular complexity index is 507. The van der Waals surface area contributed by atoms with E-state index in [9.17, 15) is 9.18 Å². The van der Waals surface area contributed by atoms with Crippen molar-refractivity contribution in [3.63, 3.8) is 0 Å². The molecule has 1 saturated carbocycles. The molecule has 1 aliphatic rings. The van der Waals surface area contributed by atoms with E-state index in [1.54, 1.807) is 37.3 Å². The summed E-state index contributed by atoms with van der Waals surface area (Å²) in [4.78, 5) is 15.0. The zero-order chi connectivity index (χ0) is 16.7. The number of hydrogen-bond donors (Lipinski definition) is 0. The van der Waals surface area contributed by atoms with Crippen LogP contribution in [0.15, 0.2) is 24.3 Å². The highest BCUT2D eigenvalue weighted by molar-refractivity contribution is 5.88. The van der Waals surface area contributed by atoms with Crippen LogP contribution in [0.4, 0.5) is 4.39 Å². The molecule has 0 saturated heterocycles. The van der Waals surface area contributed by atoms with Gasteiger partial charge in [-0.3, -0.25) is 4.79 Å². The second-order valence-electron chi connectivity index (χ2n) is 6.05. The fourth-order valence-electron chi connectivity index (χ4n) is 3.45. The predicted molar refractivity (Wildman–Crippen MR) is 86.9 cm³/mol. The van der Waals surface area contributed by atoms with Gasteiger partial charge in [-0.15, -0.1) is 0 Å². The number of benzene rings is 1. The van der Waals surface area contributed by atoms with Crippen LogP contribution >= 0.6 is 0 Å². The highest BCUT2D eigenvalue weighted by atomic mass is 19.1. The molecule has 1 aromatic carbocycles. The van der Waals surface area contributed by atoms with Crippen LogP contribution in [0.2, 0.25) is 0 Å². The predicted octanol–water partition coefficient (Wildman–Crippen LogP) is 2.76. The lowest BCUT2D eigenvalue weighted by molar-refractivity contribution is -0.138. The fourth-order valence-corrected chi connectivity index (χ4v) is 3.45. The number of halogens is 1. The Balaban J connectivity index is 2.31. The third kappa shape index (κ3) is 3.90. The molecule has 1 amide bonds. The molecule has 0 spiro atoms. The van der Waals surface area contributed by atoms with E-state index in [4.69, 9.17) is 9.47 Å². The topological polar surface area (TPSA) is 38.8 Å². The maximum absolute atomic E-state index is 14.4. The van der Waals surface area contributed by atoms with Crippen LogP contribution in [0, 0.1) is 5.82 Å². The highest BCUT2D eigenvalue weighted by Gasteiger charge is 2.46. The third-order valence-electron chi connectivity index (χ3n) is 4.67. The number of carbonyl (C=O) groups excluding carboxylic acids is 1. The Kier molecular flexibility index (Phi) is 6.54. The number of hydrogen-bond acceptors (Lipinski definition) is 3. The van der Waals surface area contributed by atoms with Crippen molar-refractivity contribution >= 4 is 5.91 Å². The Morgan fingerprint density at radius 1 is 1.13 bits per heavy atom. The molecule has 0 aliphatic heterocycles. The SMILES string of the molecule is COCCN(CCOC)C(=O)C1(c2ccccc2F)CCCC1. The van der Waals surface area contributed by atoms with Crippen molar-refractivity contribution in [3.8, 4) is 0 Å². The number of rotatable bonds is 8. The zero-order valence-electron chi connectivity index (χ0n) is 14.0. The minimum absolute atomic E-state index is 0.00537. The average Bonchev–Trinajstić information content (AvgIpc) is 3.05. The first-order valence-electron chi connectivity index (χ1n) is 8.18. The van der Waals surface area contributed by atoms with Gasteiger partial charge in [-0.1, -0.05) is 31.0 Å². The molecule has 0 N–H and O–H groups in total. The Hall–Kier alpha value is -1.46. The molecular formula is C18H26FNO3. The Labute approximate surface area is 137 Å². The zero-order valence-corrected chi connectivity index (χ0v) is 14.0. The number of amides is 1. The van der Waals surface area contributed by atoms with Crippen LogP contribution in [0.5, 0.6) is 0 Å². The number of carbonyl (C=O) groups is 1. The van der Waals surface area contributed by atoms with Gasteiger partial charge in [-0.2, -0.15) is 0 Å².